The van der Waals surface area contributed by atoms with Gasteiger partial charge in [-0.25, -0.2) is 4.79 Å². The van der Waals surface area contributed by atoms with Crippen molar-refractivity contribution in [3.63, 3.8) is 0 Å². The van der Waals surface area contributed by atoms with E-state index in [1.165, 1.54) is 0 Å². The van der Waals surface area contributed by atoms with E-state index in [4.69, 9.17) is 9.47 Å². The third-order valence-electron chi connectivity index (χ3n) is 3.93. The molecule has 1 aromatic carbocycles. The van der Waals surface area contributed by atoms with Gasteiger partial charge < -0.3 is 19.7 Å². The minimum absolute atomic E-state index is 0.162. The van der Waals surface area contributed by atoms with Gasteiger partial charge in [0.15, 0.2) is 0 Å². The van der Waals surface area contributed by atoms with Crippen LogP contribution in [-0.2, 0) is 4.74 Å². The van der Waals surface area contributed by atoms with E-state index >= 15 is 0 Å². The van der Waals surface area contributed by atoms with Crippen LogP contribution >= 0.6 is 0 Å². The van der Waals surface area contributed by atoms with Crippen molar-refractivity contribution in [2.75, 3.05) is 20.2 Å². The Hall–Kier alpha value is -1.75. The first-order valence-corrected chi connectivity index (χ1v) is 8.17. The summed E-state index contributed by atoms with van der Waals surface area (Å²) >= 11 is 0. The Morgan fingerprint density at radius 2 is 2.04 bits per heavy atom. The highest BCUT2D eigenvalue weighted by molar-refractivity contribution is 5.68. The molecule has 1 aliphatic heterocycles. The van der Waals surface area contributed by atoms with Crippen LogP contribution in [0.1, 0.15) is 45.7 Å². The second-order valence-electron chi connectivity index (χ2n) is 7.04. The molecule has 1 aliphatic rings. The van der Waals surface area contributed by atoms with E-state index in [2.05, 4.69) is 18.3 Å². The van der Waals surface area contributed by atoms with Gasteiger partial charge in [0, 0.05) is 30.7 Å². The molecule has 0 spiro atoms. The summed E-state index contributed by atoms with van der Waals surface area (Å²) in [6.45, 7) is 9.19. The van der Waals surface area contributed by atoms with Gasteiger partial charge in [-0.1, -0.05) is 18.2 Å². The summed E-state index contributed by atoms with van der Waals surface area (Å²) in [5.74, 6) is 0.884. The first-order valence-electron chi connectivity index (χ1n) is 8.17. The van der Waals surface area contributed by atoms with Crippen LogP contribution < -0.4 is 10.1 Å². The summed E-state index contributed by atoms with van der Waals surface area (Å²) < 4.78 is 10.9. The van der Waals surface area contributed by atoms with E-state index in [0.29, 0.717) is 6.54 Å². The molecule has 2 rings (SSSR count). The number of methoxy groups -OCH3 is 1. The van der Waals surface area contributed by atoms with Crippen molar-refractivity contribution < 1.29 is 14.3 Å². The normalized spacial score (nSPS) is 19.5. The summed E-state index contributed by atoms with van der Waals surface area (Å²) in [4.78, 5) is 13.9. The number of amides is 1. The third kappa shape index (κ3) is 4.86. The van der Waals surface area contributed by atoms with Crippen molar-refractivity contribution in [2.24, 2.45) is 0 Å². The van der Waals surface area contributed by atoms with Crippen molar-refractivity contribution in [3.8, 4) is 5.75 Å². The van der Waals surface area contributed by atoms with Crippen LogP contribution in [-0.4, -0.2) is 42.8 Å². The minimum atomic E-state index is -0.451. The van der Waals surface area contributed by atoms with Crippen LogP contribution in [0.3, 0.4) is 0 Å². The zero-order valence-corrected chi connectivity index (χ0v) is 14.8. The molecule has 2 unspecified atom stereocenters. The van der Waals surface area contributed by atoms with E-state index < -0.39 is 5.60 Å². The van der Waals surface area contributed by atoms with Crippen LogP contribution in [0.25, 0.3) is 0 Å². The zero-order valence-electron chi connectivity index (χ0n) is 14.8. The van der Waals surface area contributed by atoms with Gasteiger partial charge in [0.1, 0.15) is 11.4 Å². The Bertz CT molecular complexity index is 539. The summed E-state index contributed by atoms with van der Waals surface area (Å²) in [6.07, 6.45) is 0.699. The monoisotopic (exact) mass is 320 g/mol. The minimum Gasteiger partial charge on any atom is -0.496 e. The van der Waals surface area contributed by atoms with Gasteiger partial charge in [0.05, 0.1) is 7.11 Å². The predicted molar refractivity (Wildman–Crippen MR) is 90.8 cm³/mol. The Morgan fingerprint density at radius 3 is 2.70 bits per heavy atom. The molecular formula is C18H28N2O3. The second-order valence-corrected chi connectivity index (χ2v) is 7.04. The number of hydrogen-bond acceptors (Lipinski definition) is 4. The largest absolute Gasteiger partial charge is 0.496 e. The van der Waals surface area contributed by atoms with Crippen LogP contribution in [0.2, 0.25) is 0 Å². The molecule has 2 atom stereocenters. The van der Waals surface area contributed by atoms with E-state index in [0.717, 1.165) is 24.3 Å². The number of hydrogen-bond donors (Lipinski definition) is 1. The Kier molecular flexibility index (Phi) is 5.52. The number of likely N-dealkylation sites (tertiary alicyclic amines) is 1. The maximum atomic E-state index is 12.1. The van der Waals surface area contributed by atoms with Gasteiger partial charge in [0.25, 0.3) is 0 Å². The molecule has 1 heterocycles. The molecule has 23 heavy (non-hydrogen) atoms. The number of carbonyl (C=O) groups is 1. The number of ether oxygens (including phenoxy) is 2. The molecule has 5 nitrogen and oxygen atoms in total. The molecule has 1 fully saturated rings. The van der Waals surface area contributed by atoms with Gasteiger partial charge >= 0.3 is 6.09 Å². The van der Waals surface area contributed by atoms with Gasteiger partial charge in [-0.3, -0.25) is 0 Å². The van der Waals surface area contributed by atoms with Crippen LogP contribution in [0.4, 0.5) is 4.79 Å². The van der Waals surface area contributed by atoms with E-state index in [-0.39, 0.29) is 18.2 Å². The zero-order chi connectivity index (χ0) is 17.0. The summed E-state index contributed by atoms with van der Waals surface area (Å²) in [6, 6.07) is 8.44. The fourth-order valence-corrected chi connectivity index (χ4v) is 2.86. The number of benzene rings is 1. The molecule has 1 N–H and O–H groups in total. The first kappa shape index (κ1) is 17.6. The lowest BCUT2D eigenvalue weighted by atomic mass is 10.1. The molecule has 0 saturated carbocycles. The van der Waals surface area contributed by atoms with Crippen LogP contribution in [0, 0.1) is 0 Å². The molecule has 1 aromatic rings. The van der Waals surface area contributed by atoms with Crippen LogP contribution in [0.15, 0.2) is 24.3 Å². The average molecular weight is 320 g/mol. The maximum absolute atomic E-state index is 12.1. The molecule has 0 aliphatic carbocycles. The molecule has 0 bridgehead atoms. The van der Waals surface area contributed by atoms with Crippen molar-refractivity contribution in [1.29, 1.82) is 0 Å². The molecule has 1 saturated heterocycles. The first-order chi connectivity index (χ1) is 10.8. The quantitative estimate of drug-likeness (QED) is 0.924. The van der Waals surface area contributed by atoms with Crippen molar-refractivity contribution >= 4 is 6.09 Å². The number of para-hydroxylation sites is 1. The molecule has 128 valence electrons. The van der Waals surface area contributed by atoms with Gasteiger partial charge in [-0.15, -0.1) is 0 Å². The fraction of sp³-hybridized carbons (Fsp3) is 0.611. The number of nitrogens with zero attached hydrogens (tertiary/aromatic N) is 1. The lowest BCUT2D eigenvalue weighted by Gasteiger charge is -2.25. The lowest BCUT2D eigenvalue weighted by molar-refractivity contribution is 0.0290. The number of carbonyl (C=O) groups excluding carboxylic acids is 1. The lowest BCUT2D eigenvalue weighted by Crippen LogP contribution is -2.39. The van der Waals surface area contributed by atoms with E-state index in [9.17, 15) is 4.79 Å². The SMILES string of the molecule is COc1ccccc1C(C)NC1CCN(C(=O)OC(C)(C)C)C1. The van der Waals surface area contributed by atoms with Crippen molar-refractivity contribution in [1.82, 2.24) is 10.2 Å². The standard InChI is InChI=1S/C18H28N2O3/c1-13(15-8-6-7-9-16(15)22-5)19-14-10-11-20(12-14)17(21)23-18(2,3)4/h6-9,13-14,19H,10-12H2,1-5H3. The molecule has 0 aromatic heterocycles. The Labute approximate surface area is 139 Å². The maximum Gasteiger partial charge on any atom is 0.410 e. The fourth-order valence-electron chi connectivity index (χ4n) is 2.86. The summed E-state index contributed by atoms with van der Waals surface area (Å²) in [5, 5.41) is 3.59. The average Bonchev–Trinajstić information content (AvgIpc) is 2.94. The highest BCUT2D eigenvalue weighted by Gasteiger charge is 2.30. The molecule has 1 amide bonds. The number of rotatable bonds is 4. The van der Waals surface area contributed by atoms with Gasteiger partial charge in [0.2, 0.25) is 0 Å². The highest BCUT2D eigenvalue weighted by atomic mass is 16.6. The summed E-state index contributed by atoms with van der Waals surface area (Å²) in [7, 11) is 1.69. The Morgan fingerprint density at radius 1 is 1.35 bits per heavy atom. The predicted octanol–water partition coefficient (Wildman–Crippen LogP) is 3.36. The van der Waals surface area contributed by atoms with Crippen molar-refractivity contribution in [3.05, 3.63) is 29.8 Å². The topological polar surface area (TPSA) is 50.8 Å². The Balaban J connectivity index is 1.91. The smallest absolute Gasteiger partial charge is 0.410 e. The molecule has 0 radical (unpaired) electrons. The van der Waals surface area contributed by atoms with E-state index in [1.54, 1.807) is 12.0 Å². The van der Waals surface area contributed by atoms with E-state index in [1.807, 2.05) is 39.0 Å². The van der Waals surface area contributed by atoms with Gasteiger partial charge in [-0.2, -0.15) is 0 Å². The second kappa shape index (κ2) is 7.21. The van der Waals surface area contributed by atoms with Crippen molar-refractivity contribution in [2.45, 2.75) is 51.8 Å². The molecule has 5 heteroatoms. The molecular weight excluding hydrogens is 292 g/mol. The van der Waals surface area contributed by atoms with Gasteiger partial charge in [-0.05, 0) is 40.2 Å². The van der Waals surface area contributed by atoms with Crippen LogP contribution in [0.5, 0.6) is 5.75 Å². The summed E-state index contributed by atoms with van der Waals surface area (Å²) in [5.41, 5.74) is 0.679. The highest BCUT2D eigenvalue weighted by Crippen LogP contribution is 2.26. The number of nitrogens with one attached hydrogen (secondary N) is 1. The third-order valence-corrected chi connectivity index (χ3v) is 3.93.